The molecule has 0 aromatic carbocycles. The molecule has 2 rings (SSSR count). The van der Waals surface area contributed by atoms with Crippen molar-refractivity contribution < 1.29 is 0 Å². The Bertz CT molecular complexity index is 160. The average Bonchev–Trinajstić information content (AvgIpc) is 2.79. The largest absolute Gasteiger partial charge is 0.313 e. The second-order valence-corrected chi connectivity index (χ2v) is 6.47. The lowest BCUT2D eigenvalue weighted by Gasteiger charge is -2.21. The molecule has 0 aromatic rings. The second kappa shape index (κ2) is 6.80. The molecule has 1 N–H and O–H groups in total. The van der Waals surface area contributed by atoms with Crippen LogP contribution in [0, 0.1) is 0 Å². The molecule has 0 atom stereocenters. The van der Waals surface area contributed by atoms with Gasteiger partial charge in [0.2, 0.25) is 0 Å². The van der Waals surface area contributed by atoms with Gasteiger partial charge in [-0.25, -0.2) is 0 Å². The first-order valence-electron chi connectivity index (χ1n) is 6.80. The highest BCUT2D eigenvalue weighted by Gasteiger charge is 2.15. The van der Waals surface area contributed by atoms with Crippen LogP contribution in [0.15, 0.2) is 0 Å². The van der Waals surface area contributed by atoms with Crippen molar-refractivity contribution in [3.8, 4) is 0 Å². The first-order chi connectivity index (χ1) is 7.45. The van der Waals surface area contributed by atoms with Crippen LogP contribution < -0.4 is 5.32 Å². The summed E-state index contributed by atoms with van der Waals surface area (Å²) in [5.74, 6) is 1.33. The van der Waals surface area contributed by atoms with Crippen LogP contribution >= 0.6 is 11.8 Å². The first kappa shape index (κ1) is 11.8. The zero-order valence-corrected chi connectivity index (χ0v) is 10.7. The Morgan fingerprint density at radius 1 is 0.867 bits per heavy atom. The lowest BCUT2D eigenvalue weighted by molar-refractivity contribution is 0.514. The van der Waals surface area contributed by atoms with Gasteiger partial charge in [0.15, 0.2) is 0 Å². The normalized spacial score (nSPS) is 24.8. The van der Waals surface area contributed by atoms with Crippen molar-refractivity contribution in [2.24, 2.45) is 0 Å². The van der Waals surface area contributed by atoms with Crippen LogP contribution in [0.2, 0.25) is 0 Å². The molecule has 0 heterocycles. The molecule has 15 heavy (non-hydrogen) atoms. The third-order valence-electron chi connectivity index (χ3n) is 3.80. The van der Waals surface area contributed by atoms with E-state index in [1.807, 2.05) is 0 Å². The predicted molar refractivity (Wildman–Crippen MR) is 69.6 cm³/mol. The highest BCUT2D eigenvalue weighted by molar-refractivity contribution is 7.99. The third-order valence-corrected chi connectivity index (χ3v) is 5.18. The molecule has 2 aliphatic rings. The molecular formula is C13H25NS. The second-order valence-electron chi connectivity index (χ2n) is 5.07. The summed E-state index contributed by atoms with van der Waals surface area (Å²) in [6, 6.07) is 0.858. The standard InChI is InChI=1S/C13H25NS/c1-2-8-13(9-3-1)15-11-10-14-12-6-4-5-7-12/h12-14H,1-11H2. The van der Waals surface area contributed by atoms with E-state index in [1.54, 1.807) is 0 Å². The summed E-state index contributed by atoms with van der Waals surface area (Å²) < 4.78 is 0. The summed E-state index contributed by atoms with van der Waals surface area (Å²) in [5, 5.41) is 4.69. The van der Waals surface area contributed by atoms with Gasteiger partial charge in [0.25, 0.3) is 0 Å². The highest BCUT2D eigenvalue weighted by Crippen LogP contribution is 2.27. The topological polar surface area (TPSA) is 12.0 Å². The fourth-order valence-corrected chi connectivity index (χ4v) is 4.09. The molecule has 2 saturated carbocycles. The molecule has 0 unspecified atom stereocenters. The van der Waals surface area contributed by atoms with Crippen molar-refractivity contribution in [3.05, 3.63) is 0 Å². The lowest BCUT2D eigenvalue weighted by Crippen LogP contribution is -2.28. The Morgan fingerprint density at radius 3 is 2.27 bits per heavy atom. The third kappa shape index (κ3) is 4.36. The molecular weight excluding hydrogens is 202 g/mol. The minimum Gasteiger partial charge on any atom is -0.313 e. The van der Waals surface area contributed by atoms with Gasteiger partial charge in [-0.2, -0.15) is 11.8 Å². The van der Waals surface area contributed by atoms with Gasteiger partial charge in [0.05, 0.1) is 0 Å². The molecule has 0 amide bonds. The number of nitrogens with one attached hydrogen (secondary N) is 1. The van der Waals surface area contributed by atoms with Crippen LogP contribution in [0.3, 0.4) is 0 Å². The van der Waals surface area contributed by atoms with Crippen LogP contribution in [0.5, 0.6) is 0 Å². The maximum atomic E-state index is 3.70. The summed E-state index contributed by atoms with van der Waals surface area (Å²) in [5.41, 5.74) is 0. The lowest BCUT2D eigenvalue weighted by atomic mass is 10.0. The van der Waals surface area contributed by atoms with Crippen molar-refractivity contribution in [1.82, 2.24) is 5.32 Å². The van der Waals surface area contributed by atoms with Crippen molar-refractivity contribution in [1.29, 1.82) is 0 Å². The Labute approximate surface area is 98.8 Å². The monoisotopic (exact) mass is 227 g/mol. The predicted octanol–water partition coefficient (Wildman–Crippen LogP) is 3.58. The number of hydrogen-bond donors (Lipinski definition) is 1. The molecule has 0 bridgehead atoms. The molecule has 2 aliphatic carbocycles. The van der Waals surface area contributed by atoms with E-state index in [0.717, 1.165) is 11.3 Å². The van der Waals surface area contributed by atoms with E-state index in [0.29, 0.717) is 0 Å². The minimum atomic E-state index is 0.858. The van der Waals surface area contributed by atoms with Gasteiger partial charge >= 0.3 is 0 Å². The first-order valence-corrected chi connectivity index (χ1v) is 7.85. The molecule has 0 spiro atoms. The van der Waals surface area contributed by atoms with Gasteiger partial charge in [-0.15, -0.1) is 0 Å². The number of hydrogen-bond acceptors (Lipinski definition) is 2. The molecule has 2 fully saturated rings. The molecule has 1 nitrogen and oxygen atoms in total. The van der Waals surface area contributed by atoms with Crippen molar-refractivity contribution >= 4 is 11.8 Å². The quantitative estimate of drug-likeness (QED) is 0.720. The summed E-state index contributed by atoms with van der Waals surface area (Å²) in [6.07, 6.45) is 13.2. The van der Waals surface area contributed by atoms with Crippen molar-refractivity contribution in [3.63, 3.8) is 0 Å². The molecule has 0 radical (unpaired) electrons. The van der Waals surface area contributed by atoms with E-state index in [9.17, 15) is 0 Å². The van der Waals surface area contributed by atoms with Gasteiger partial charge in [0.1, 0.15) is 0 Å². The van der Waals surface area contributed by atoms with Gasteiger partial charge in [-0.05, 0) is 25.7 Å². The summed E-state index contributed by atoms with van der Waals surface area (Å²) in [4.78, 5) is 0. The van der Waals surface area contributed by atoms with E-state index < -0.39 is 0 Å². The van der Waals surface area contributed by atoms with Crippen LogP contribution in [-0.4, -0.2) is 23.6 Å². The molecule has 0 aromatic heterocycles. The van der Waals surface area contributed by atoms with E-state index in [2.05, 4.69) is 17.1 Å². The number of rotatable bonds is 5. The maximum absolute atomic E-state index is 3.70. The zero-order chi connectivity index (χ0) is 10.3. The van der Waals surface area contributed by atoms with E-state index in [-0.39, 0.29) is 0 Å². The smallest absolute Gasteiger partial charge is 0.00673 e. The highest BCUT2D eigenvalue weighted by atomic mass is 32.2. The molecule has 0 saturated heterocycles. The number of thioether (sulfide) groups is 1. The van der Waals surface area contributed by atoms with Crippen molar-refractivity contribution in [2.75, 3.05) is 12.3 Å². The van der Waals surface area contributed by atoms with Gasteiger partial charge in [0, 0.05) is 23.6 Å². The van der Waals surface area contributed by atoms with Crippen molar-refractivity contribution in [2.45, 2.75) is 69.1 Å². The summed E-state index contributed by atoms with van der Waals surface area (Å²) in [6.45, 7) is 1.24. The Kier molecular flexibility index (Phi) is 5.34. The SMILES string of the molecule is C1CCC(SCCNC2CCCC2)CC1. The van der Waals surface area contributed by atoms with Gasteiger partial charge in [-0.1, -0.05) is 32.1 Å². The van der Waals surface area contributed by atoms with Crippen LogP contribution in [0.1, 0.15) is 57.8 Å². The fourth-order valence-electron chi connectivity index (χ4n) is 2.85. The van der Waals surface area contributed by atoms with Gasteiger partial charge < -0.3 is 5.32 Å². The van der Waals surface area contributed by atoms with Crippen LogP contribution in [0.25, 0.3) is 0 Å². The Balaban J connectivity index is 1.47. The maximum Gasteiger partial charge on any atom is 0.00673 e. The molecule has 88 valence electrons. The van der Waals surface area contributed by atoms with Crippen LogP contribution in [0.4, 0.5) is 0 Å². The Morgan fingerprint density at radius 2 is 1.53 bits per heavy atom. The summed E-state index contributed by atoms with van der Waals surface area (Å²) >= 11 is 2.22. The van der Waals surface area contributed by atoms with Gasteiger partial charge in [-0.3, -0.25) is 0 Å². The van der Waals surface area contributed by atoms with Crippen LogP contribution in [-0.2, 0) is 0 Å². The van der Waals surface area contributed by atoms with E-state index in [4.69, 9.17) is 0 Å². The fraction of sp³-hybridized carbons (Fsp3) is 1.00. The van der Waals surface area contributed by atoms with E-state index in [1.165, 1.54) is 70.1 Å². The minimum absolute atomic E-state index is 0.858. The molecule has 2 heteroatoms. The summed E-state index contributed by atoms with van der Waals surface area (Å²) in [7, 11) is 0. The Hall–Kier alpha value is 0.310. The molecule has 0 aliphatic heterocycles. The average molecular weight is 227 g/mol. The zero-order valence-electron chi connectivity index (χ0n) is 9.84. The van der Waals surface area contributed by atoms with E-state index >= 15 is 0 Å².